The summed E-state index contributed by atoms with van der Waals surface area (Å²) in [6.45, 7) is 3.07. The first-order chi connectivity index (χ1) is 8.22. The first-order valence-electron chi connectivity index (χ1n) is 5.78. The van der Waals surface area contributed by atoms with Crippen LogP contribution in [0.25, 0.3) is 0 Å². The van der Waals surface area contributed by atoms with Crippen molar-refractivity contribution in [3.63, 3.8) is 0 Å². The second kappa shape index (κ2) is 5.52. The van der Waals surface area contributed by atoms with Gasteiger partial charge in [-0.3, -0.25) is 0 Å². The topological polar surface area (TPSA) is 17.0 Å². The number of rotatable bonds is 4. The van der Waals surface area contributed by atoms with Gasteiger partial charge in [0.15, 0.2) is 0 Å². The number of benzene rings is 1. The van der Waals surface area contributed by atoms with E-state index in [2.05, 4.69) is 69.3 Å². The van der Waals surface area contributed by atoms with Crippen LogP contribution in [0.3, 0.4) is 0 Å². The van der Waals surface area contributed by atoms with Crippen LogP contribution in [0, 0.1) is 0 Å². The van der Waals surface area contributed by atoms with E-state index in [1.165, 1.54) is 11.3 Å². The van der Waals surface area contributed by atoms with Crippen molar-refractivity contribution in [2.45, 2.75) is 19.5 Å². The smallest absolute Gasteiger partial charge is 0.0484 e. The molecule has 0 aliphatic heterocycles. The highest BCUT2D eigenvalue weighted by Gasteiger charge is 2.08. The van der Waals surface area contributed by atoms with E-state index in [1.54, 1.807) is 0 Å². The summed E-state index contributed by atoms with van der Waals surface area (Å²) in [5.41, 5.74) is 2.61. The lowest BCUT2D eigenvalue weighted by Gasteiger charge is -2.15. The Kier molecular flexibility index (Phi) is 4.02. The molecule has 0 fully saturated rings. The van der Waals surface area contributed by atoms with Crippen LogP contribution in [0.5, 0.6) is 0 Å². The zero-order chi connectivity index (χ0) is 12.3. The Labute approximate surface area is 111 Å². The van der Waals surface area contributed by atoms with E-state index in [0.717, 1.165) is 11.0 Å². The van der Waals surface area contributed by atoms with Gasteiger partial charge in [0.2, 0.25) is 0 Å². The van der Waals surface area contributed by atoms with Gasteiger partial charge in [0.25, 0.3) is 0 Å². The van der Waals surface area contributed by atoms with E-state index in [1.807, 2.05) is 13.1 Å². The maximum Gasteiger partial charge on any atom is 0.0484 e. The number of halogens is 1. The molecule has 1 aromatic carbocycles. The molecule has 1 N–H and O–H groups in total. The van der Waals surface area contributed by atoms with E-state index in [9.17, 15) is 0 Å². The maximum absolute atomic E-state index is 3.59. The standard InChI is InChI=1S/C14H17BrN2/c1-11(16-2)14-8-5-9-17(14)10-12-6-3-4-7-13(12)15/h3-9,11,16H,10H2,1-2H3. The summed E-state index contributed by atoms with van der Waals surface area (Å²) in [5.74, 6) is 0. The molecule has 0 radical (unpaired) electrons. The highest BCUT2D eigenvalue weighted by atomic mass is 79.9. The van der Waals surface area contributed by atoms with Gasteiger partial charge in [0.05, 0.1) is 0 Å². The van der Waals surface area contributed by atoms with Gasteiger partial charge in [-0.2, -0.15) is 0 Å². The zero-order valence-electron chi connectivity index (χ0n) is 10.2. The lowest BCUT2D eigenvalue weighted by atomic mass is 10.2. The third-order valence-corrected chi connectivity index (χ3v) is 3.81. The Morgan fingerprint density at radius 3 is 2.71 bits per heavy atom. The fraction of sp³-hybridized carbons (Fsp3) is 0.286. The Hall–Kier alpha value is -1.06. The quantitative estimate of drug-likeness (QED) is 0.911. The van der Waals surface area contributed by atoms with Crippen molar-refractivity contribution in [1.82, 2.24) is 9.88 Å². The largest absolute Gasteiger partial charge is 0.346 e. The summed E-state index contributed by atoms with van der Waals surface area (Å²) in [6.07, 6.45) is 2.13. The molecule has 0 aliphatic rings. The molecule has 3 heteroatoms. The predicted octanol–water partition coefficient (Wildman–Crippen LogP) is 3.58. The lowest BCUT2D eigenvalue weighted by molar-refractivity contribution is 0.589. The number of hydrogen-bond donors (Lipinski definition) is 1. The van der Waals surface area contributed by atoms with Crippen LogP contribution in [-0.4, -0.2) is 11.6 Å². The molecule has 1 atom stereocenters. The minimum atomic E-state index is 0.368. The van der Waals surface area contributed by atoms with Crippen LogP contribution in [0.4, 0.5) is 0 Å². The average molecular weight is 293 g/mol. The van der Waals surface area contributed by atoms with Crippen molar-refractivity contribution in [3.05, 3.63) is 58.3 Å². The molecule has 0 bridgehead atoms. The minimum Gasteiger partial charge on any atom is -0.346 e. The fourth-order valence-corrected chi connectivity index (χ4v) is 2.33. The van der Waals surface area contributed by atoms with E-state index in [0.29, 0.717) is 6.04 Å². The van der Waals surface area contributed by atoms with Crippen LogP contribution in [0.1, 0.15) is 24.2 Å². The summed E-state index contributed by atoms with van der Waals surface area (Å²) in [4.78, 5) is 0. The SMILES string of the molecule is CNC(C)c1cccn1Cc1ccccc1Br. The third kappa shape index (κ3) is 2.79. The molecule has 2 aromatic rings. The van der Waals surface area contributed by atoms with Crippen LogP contribution >= 0.6 is 15.9 Å². The van der Waals surface area contributed by atoms with Crippen molar-refractivity contribution in [2.24, 2.45) is 0 Å². The highest BCUT2D eigenvalue weighted by Crippen LogP contribution is 2.20. The fourth-order valence-electron chi connectivity index (χ4n) is 1.92. The van der Waals surface area contributed by atoms with Gasteiger partial charge in [-0.15, -0.1) is 0 Å². The zero-order valence-corrected chi connectivity index (χ0v) is 11.7. The van der Waals surface area contributed by atoms with Gasteiger partial charge in [-0.1, -0.05) is 34.1 Å². The Morgan fingerprint density at radius 1 is 1.24 bits per heavy atom. The van der Waals surface area contributed by atoms with E-state index in [-0.39, 0.29) is 0 Å². The number of hydrogen-bond acceptors (Lipinski definition) is 1. The Morgan fingerprint density at radius 2 is 2.00 bits per heavy atom. The van der Waals surface area contributed by atoms with Gasteiger partial charge >= 0.3 is 0 Å². The van der Waals surface area contributed by atoms with E-state index >= 15 is 0 Å². The Balaban J connectivity index is 2.25. The third-order valence-electron chi connectivity index (χ3n) is 3.04. The summed E-state index contributed by atoms with van der Waals surface area (Å²) in [6, 6.07) is 13.0. The molecule has 90 valence electrons. The molecule has 17 heavy (non-hydrogen) atoms. The number of nitrogens with zero attached hydrogens (tertiary/aromatic N) is 1. The normalized spacial score (nSPS) is 12.6. The molecule has 0 saturated heterocycles. The van der Waals surface area contributed by atoms with Crippen LogP contribution in [-0.2, 0) is 6.54 Å². The molecule has 0 aliphatic carbocycles. The molecule has 2 rings (SSSR count). The number of nitrogens with one attached hydrogen (secondary N) is 1. The first kappa shape index (κ1) is 12.4. The van der Waals surface area contributed by atoms with Crippen molar-refractivity contribution >= 4 is 15.9 Å². The monoisotopic (exact) mass is 292 g/mol. The molecule has 1 aromatic heterocycles. The molecular formula is C14H17BrN2. The summed E-state index contributed by atoms with van der Waals surface area (Å²) >= 11 is 3.59. The van der Waals surface area contributed by atoms with Gasteiger partial charge in [-0.05, 0) is 37.7 Å². The molecule has 2 nitrogen and oxygen atoms in total. The van der Waals surface area contributed by atoms with Crippen LogP contribution < -0.4 is 5.32 Å². The molecule has 0 amide bonds. The summed E-state index contributed by atoms with van der Waals surface area (Å²) in [7, 11) is 1.99. The summed E-state index contributed by atoms with van der Waals surface area (Å²) < 4.78 is 3.44. The molecule has 0 saturated carbocycles. The second-order valence-electron chi connectivity index (χ2n) is 4.16. The van der Waals surface area contributed by atoms with Crippen molar-refractivity contribution in [1.29, 1.82) is 0 Å². The number of aromatic nitrogens is 1. The lowest BCUT2D eigenvalue weighted by Crippen LogP contribution is -2.17. The van der Waals surface area contributed by atoms with Gasteiger partial charge < -0.3 is 9.88 Å². The average Bonchev–Trinajstić information content (AvgIpc) is 2.79. The van der Waals surface area contributed by atoms with Crippen molar-refractivity contribution < 1.29 is 0 Å². The Bertz CT molecular complexity index is 490. The van der Waals surface area contributed by atoms with Crippen LogP contribution in [0.15, 0.2) is 47.1 Å². The van der Waals surface area contributed by atoms with Gasteiger partial charge in [0, 0.05) is 29.0 Å². The minimum absolute atomic E-state index is 0.368. The van der Waals surface area contributed by atoms with Crippen molar-refractivity contribution in [2.75, 3.05) is 7.05 Å². The van der Waals surface area contributed by atoms with E-state index in [4.69, 9.17) is 0 Å². The first-order valence-corrected chi connectivity index (χ1v) is 6.57. The molecule has 0 spiro atoms. The maximum atomic E-state index is 3.59. The molecule has 1 unspecified atom stereocenters. The second-order valence-corrected chi connectivity index (χ2v) is 5.02. The van der Waals surface area contributed by atoms with Crippen molar-refractivity contribution in [3.8, 4) is 0 Å². The molecular weight excluding hydrogens is 276 g/mol. The predicted molar refractivity (Wildman–Crippen MR) is 75.2 cm³/mol. The highest BCUT2D eigenvalue weighted by molar-refractivity contribution is 9.10. The van der Waals surface area contributed by atoms with Gasteiger partial charge in [0.1, 0.15) is 0 Å². The summed E-state index contributed by atoms with van der Waals surface area (Å²) in [5, 5.41) is 3.28. The molecule has 1 heterocycles. The van der Waals surface area contributed by atoms with Crippen LogP contribution in [0.2, 0.25) is 0 Å². The van der Waals surface area contributed by atoms with E-state index < -0.39 is 0 Å². The van der Waals surface area contributed by atoms with Gasteiger partial charge in [-0.25, -0.2) is 0 Å².